The molecule has 1 aliphatic rings. The summed E-state index contributed by atoms with van der Waals surface area (Å²) in [4.78, 5) is 26.9. The summed E-state index contributed by atoms with van der Waals surface area (Å²) < 4.78 is 0. The van der Waals surface area contributed by atoms with Crippen LogP contribution in [0.15, 0.2) is 24.3 Å². The number of carboxylic acids is 1. The van der Waals surface area contributed by atoms with Gasteiger partial charge in [-0.3, -0.25) is 4.90 Å². The molecule has 0 aromatic heterocycles. The number of fused-ring (bicyclic) bond motifs is 1. The smallest absolute Gasteiger partial charge is 0.327 e. The number of anilines is 1. The van der Waals surface area contributed by atoms with Crippen LogP contribution in [0.4, 0.5) is 10.5 Å². The summed E-state index contributed by atoms with van der Waals surface area (Å²) in [6, 6.07) is 6.31. The van der Waals surface area contributed by atoms with Gasteiger partial charge in [0.1, 0.15) is 6.04 Å². The zero-order valence-electron chi connectivity index (χ0n) is 11.6. The standard InChI is InChI=1S/C14H18N2O3S/c1-15(7-8-20-2)14(19)16-11-6-4-3-5-10(11)9-12(16)13(17)18/h3-6,12H,7-9H2,1-2H3,(H,17,18). The Morgan fingerprint density at radius 2 is 2.15 bits per heavy atom. The fraction of sp³-hybridized carbons (Fsp3) is 0.429. The SMILES string of the molecule is CSCCN(C)C(=O)N1c2ccccc2CC1C(=O)O. The Kier molecular flexibility index (Phi) is 4.54. The number of carboxylic acid groups (broad SMARTS) is 1. The molecule has 20 heavy (non-hydrogen) atoms. The molecule has 0 saturated carbocycles. The molecular weight excluding hydrogens is 276 g/mol. The highest BCUT2D eigenvalue weighted by Crippen LogP contribution is 2.32. The lowest BCUT2D eigenvalue weighted by Gasteiger charge is -2.28. The lowest BCUT2D eigenvalue weighted by molar-refractivity contribution is -0.138. The van der Waals surface area contributed by atoms with E-state index >= 15 is 0 Å². The van der Waals surface area contributed by atoms with Crippen LogP contribution in [0.1, 0.15) is 5.56 Å². The van der Waals surface area contributed by atoms with E-state index in [0.29, 0.717) is 18.7 Å². The van der Waals surface area contributed by atoms with E-state index in [1.165, 1.54) is 4.90 Å². The fourth-order valence-electron chi connectivity index (χ4n) is 2.33. The van der Waals surface area contributed by atoms with Crippen LogP contribution in [0.25, 0.3) is 0 Å². The summed E-state index contributed by atoms with van der Waals surface area (Å²) in [5.41, 5.74) is 1.62. The number of nitrogens with zero attached hydrogens (tertiary/aromatic N) is 2. The van der Waals surface area contributed by atoms with Crippen molar-refractivity contribution < 1.29 is 14.7 Å². The van der Waals surface area contributed by atoms with Gasteiger partial charge in [-0.1, -0.05) is 18.2 Å². The molecule has 5 nitrogen and oxygen atoms in total. The van der Waals surface area contributed by atoms with Crippen molar-refractivity contribution in [3.63, 3.8) is 0 Å². The fourth-order valence-corrected chi connectivity index (χ4v) is 2.78. The van der Waals surface area contributed by atoms with Gasteiger partial charge in [0.25, 0.3) is 0 Å². The number of amides is 2. The predicted molar refractivity (Wildman–Crippen MR) is 80.5 cm³/mol. The third kappa shape index (κ3) is 2.75. The summed E-state index contributed by atoms with van der Waals surface area (Å²) in [7, 11) is 1.71. The lowest BCUT2D eigenvalue weighted by Crippen LogP contribution is -2.49. The second-order valence-electron chi connectivity index (χ2n) is 4.75. The highest BCUT2D eigenvalue weighted by atomic mass is 32.2. The topological polar surface area (TPSA) is 60.9 Å². The van der Waals surface area contributed by atoms with E-state index in [4.69, 9.17) is 0 Å². The summed E-state index contributed by atoms with van der Waals surface area (Å²) in [6.45, 7) is 0.602. The van der Waals surface area contributed by atoms with Crippen LogP contribution < -0.4 is 4.90 Å². The molecule has 1 N–H and O–H groups in total. The molecule has 0 fully saturated rings. The summed E-state index contributed by atoms with van der Waals surface area (Å²) >= 11 is 1.65. The van der Waals surface area contributed by atoms with Gasteiger partial charge in [-0.2, -0.15) is 11.8 Å². The first-order valence-corrected chi connectivity index (χ1v) is 7.79. The van der Waals surface area contributed by atoms with Crippen LogP contribution in [0.2, 0.25) is 0 Å². The maximum atomic E-state index is 12.5. The molecule has 6 heteroatoms. The van der Waals surface area contributed by atoms with E-state index in [9.17, 15) is 14.7 Å². The van der Waals surface area contributed by atoms with Crippen molar-refractivity contribution in [2.75, 3.05) is 30.5 Å². The highest BCUT2D eigenvalue weighted by molar-refractivity contribution is 7.98. The van der Waals surface area contributed by atoms with Crippen LogP contribution in [-0.4, -0.2) is 53.6 Å². The Morgan fingerprint density at radius 3 is 2.80 bits per heavy atom. The molecule has 2 amide bonds. The van der Waals surface area contributed by atoms with Crippen LogP contribution in [-0.2, 0) is 11.2 Å². The van der Waals surface area contributed by atoms with E-state index in [0.717, 1.165) is 11.3 Å². The molecule has 1 aromatic carbocycles. The monoisotopic (exact) mass is 294 g/mol. The number of carbonyl (C=O) groups excluding carboxylic acids is 1. The van der Waals surface area contributed by atoms with Gasteiger partial charge >= 0.3 is 12.0 Å². The minimum atomic E-state index is -0.965. The van der Waals surface area contributed by atoms with Gasteiger partial charge < -0.3 is 10.0 Å². The van der Waals surface area contributed by atoms with Crippen molar-refractivity contribution in [1.29, 1.82) is 0 Å². The minimum Gasteiger partial charge on any atom is -0.480 e. The number of hydrogen-bond donors (Lipinski definition) is 1. The van der Waals surface area contributed by atoms with E-state index < -0.39 is 12.0 Å². The molecule has 1 aliphatic heterocycles. The Bertz CT molecular complexity index is 521. The average molecular weight is 294 g/mol. The number of aliphatic carboxylic acids is 1. The molecule has 1 unspecified atom stereocenters. The van der Waals surface area contributed by atoms with Gasteiger partial charge in [0.15, 0.2) is 0 Å². The molecule has 0 radical (unpaired) electrons. The zero-order valence-corrected chi connectivity index (χ0v) is 12.4. The van der Waals surface area contributed by atoms with Gasteiger partial charge in [0.2, 0.25) is 0 Å². The zero-order chi connectivity index (χ0) is 14.7. The number of thioether (sulfide) groups is 1. The van der Waals surface area contributed by atoms with Crippen LogP contribution >= 0.6 is 11.8 Å². The molecular formula is C14H18N2O3S. The Labute approximate surface area is 122 Å². The van der Waals surface area contributed by atoms with Gasteiger partial charge in [-0.25, -0.2) is 9.59 Å². The van der Waals surface area contributed by atoms with Crippen LogP contribution in [0.5, 0.6) is 0 Å². The van der Waals surface area contributed by atoms with Gasteiger partial charge in [0, 0.05) is 31.5 Å². The first-order chi connectivity index (χ1) is 9.56. The summed E-state index contributed by atoms with van der Waals surface area (Å²) in [6.07, 6.45) is 2.34. The van der Waals surface area contributed by atoms with E-state index in [1.54, 1.807) is 29.8 Å². The predicted octanol–water partition coefficient (Wildman–Crippen LogP) is 1.92. The minimum absolute atomic E-state index is 0.253. The second-order valence-corrected chi connectivity index (χ2v) is 5.74. The number of urea groups is 1. The molecule has 2 rings (SSSR count). The van der Waals surface area contributed by atoms with Crippen molar-refractivity contribution in [3.8, 4) is 0 Å². The lowest BCUT2D eigenvalue weighted by atomic mass is 10.1. The molecule has 1 heterocycles. The van der Waals surface area contributed by atoms with E-state index in [2.05, 4.69) is 0 Å². The summed E-state index contributed by atoms with van der Waals surface area (Å²) in [5, 5.41) is 9.35. The molecule has 0 aliphatic carbocycles. The molecule has 1 atom stereocenters. The number of hydrogen-bond acceptors (Lipinski definition) is 3. The molecule has 1 aromatic rings. The highest BCUT2D eigenvalue weighted by Gasteiger charge is 2.39. The van der Waals surface area contributed by atoms with Crippen molar-refractivity contribution in [2.45, 2.75) is 12.5 Å². The van der Waals surface area contributed by atoms with Gasteiger partial charge in [-0.15, -0.1) is 0 Å². The summed E-state index contributed by atoms with van der Waals surface area (Å²) in [5.74, 6) is -0.136. The molecule has 0 spiro atoms. The number of benzene rings is 1. The van der Waals surface area contributed by atoms with Gasteiger partial charge in [-0.05, 0) is 17.9 Å². The van der Waals surface area contributed by atoms with Crippen molar-refractivity contribution in [3.05, 3.63) is 29.8 Å². The van der Waals surface area contributed by atoms with Crippen molar-refractivity contribution in [1.82, 2.24) is 4.90 Å². The van der Waals surface area contributed by atoms with Crippen molar-refractivity contribution >= 4 is 29.4 Å². The average Bonchev–Trinajstić information content (AvgIpc) is 2.83. The Morgan fingerprint density at radius 1 is 1.45 bits per heavy atom. The maximum Gasteiger partial charge on any atom is 0.327 e. The van der Waals surface area contributed by atoms with Gasteiger partial charge in [0.05, 0.1) is 0 Å². The van der Waals surface area contributed by atoms with E-state index in [-0.39, 0.29) is 6.03 Å². The van der Waals surface area contributed by atoms with Crippen LogP contribution in [0.3, 0.4) is 0 Å². The van der Waals surface area contributed by atoms with Crippen molar-refractivity contribution in [2.24, 2.45) is 0 Å². The molecule has 0 saturated heterocycles. The first-order valence-electron chi connectivity index (χ1n) is 6.40. The Balaban J connectivity index is 2.26. The third-order valence-corrected chi connectivity index (χ3v) is 4.02. The second kappa shape index (κ2) is 6.17. The third-order valence-electron chi connectivity index (χ3n) is 3.42. The van der Waals surface area contributed by atoms with E-state index in [1.807, 2.05) is 24.5 Å². The largest absolute Gasteiger partial charge is 0.480 e. The number of carbonyl (C=O) groups is 2. The molecule has 108 valence electrons. The molecule has 0 bridgehead atoms. The number of para-hydroxylation sites is 1. The quantitative estimate of drug-likeness (QED) is 0.921. The Hall–Kier alpha value is -1.69. The maximum absolute atomic E-state index is 12.5. The van der Waals surface area contributed by atoms with Crippen LogP contribution in [0, 0.1) is 0 Å². The number of rotatable bonds is 4. The normalized spacial score (nSPS) is 16.9. The first kappa shape index (κ1) is 14.7.